The maximum atomic E-state index is 5.75. The summed E-state index contributed by atoms with van der Waals surface area (Å²) in [4.78, 5) is 8.44. The van der Waals surface area contributed by atoms with E-state index in [1.54, 1.807) is 13.2 Å². The number of ether oxygens (including phenoxy) is 1. The van der Waals surface area contributed by atoms with Crippen molar-refractivity contribution in [1.29, 1.82) is 0 Å². The molecule has 2 rings (SSSR count). The van der Waals surface area contributed by atoms with Crippen molar-refractivity contribution >= 4 is 17.3 Å². The average molecular weight is 258 g/mol. The molecule has 0 unspecified atom stereocenters. The van der Waals surface area contributed by atoms with Crippen molar-refractivity contribution in [2.75, 3.05) is 18.2 Å². The molecule has 0 amide bonds. The highest BCUT2D eigenvalue weighted by molar-refractivity contribution is 5.59. The van der Waals surface area contributed by atoms with Crippen molar-refractivity contribution < 1.29 is 4.74 Å². The van der Waals surface area contributed by atoms with Crippen molar-refractivity contribution in [2.24, 2.45) is 0 Å². The van der Waals surface area contributed by atoms with Gasteiger partial charge in [-0.25, -0.2) is 9.97 Å². The maximum absolute atomic E-state index is 5.75. The number of methoxy groups -OCH3 is 1. The Hall–Kier alpha value is -2.14. The summed E-state index contributed by atoms with van der Waals surface area (Å²) in [7, 11) is 1.60. The van der Waals surface area contributed by atoms with E-state index in [9.17, 15) is 0 Å². The third-order valence-corrected chi connectivity index (χ3v) is 2.85. The Morgan fingerprint density at radius 2 is 1.95 bits per heavy atom. The summed E-state index contributed by atoms with van der Waals surface area (Å²) < 4.78 is 5.01. The quantitative estimate of drug-likeness (QED) is 0.881. The Kier molecular flexibility index (Phi) is 3.97. The molecular formula is C14H18N4O. The Balaban J connectivity index is 2.24. The van der Waals surface area contributed by atoms with Gasteiger partial charge in [0.1, 0.15) is 18.2 Å². The largest absolute Gasteiger partial charge is 0.384 e. The number of nitrogens with one attached hydrogen (secondary N) is 1. The lowest BCUT2D eigenvalue weighted by molar-refractivity contribution is 0.178. The highest BCUT2D eigenvalue weighted by Crippen LogP contribution is 2.19. The van der Waals surface area contributed by atoms with Crippen molar-refractivity contribution in [2.45, 2.75) is 20.5 Å². The number of hydrogen-bond donors (Lipinski definition) is 2. The Bertz CT molecular complexity index is 584. The van der Waals surface area contributed by atoms with Crippen LogP contribution < -0.4 is 11.1 Å². The summed E-state index contributed by atoms with van der Waals surface area (Å²) in [5, 5.41) is 3.22. The molecule has 5 heteroatoms. The lowest BCUT2D eigenvalue weighted by Crippen LogP contribution is -2.04. The minimum Gasteiger partial charge on any atom is -0.384 e. The van der Waals surface area contributed by atoms with Crippen LogP contribution in [0.15, 0.2) is 24.3 Å². The van der Waals surface area contributed by atoms with Crippen LogP contribution in [-0.4, -0.2) is 17.1 Å². The number of aromatic nitrogens is 2. The standard InChI is InChI=1S/C14H18N4O/c1-9-4-5-11(6-10(9)2)16-13-7-12(15)17-14(18-13)8-19-3/h4-7H,8H2,1-3H3,(H3,15,16,17,18). The predicted molar refractivity (Wildman–Crippen MR) is 76.4 cm³/mol. The monoisotopic (exact) mass is 258 g/mol. The van der Waals surface area contributed by atoms with Crippen molar-refractivity contribution in [3.05, 3.63) is 41.2 Å². The molecule has 1 aromatic heterocycles. The summed E-state index contributed by atoms with van der Waals surface area (Å²) in [5.74, 6) is 1.66. The van der Waals surface area contributed by atoms with Gasteiger partial charge in [0.25, 0.3) is 0 Å². The number of nitrogen functional groups attached to an aromatic ring is 1. The smallest absolute Gasteiger partial charge is 0.158 e. The molecule has 0 aliphatic rings. The molecule has 1 aromatic carbocycles. The number of aryl methyl sites for hydroxylation is 2. The molecule has 1 heterocycles. The number of rotatable bonds is 4. The van der Waals surface area contributed by atoms with Crippen molar-refractivity contribution in [1.82, 2.24) is 9.97 Å². The molecule has 0 aliphatic carbocycles. The number of hydrogen-bond acceptors (Lipinski definition) is 5. The molecule has 0 saturated carbocycles. The molecule has 0 radical (unpaired) electrons. The molecular weight excluding hydrogens is 240 g/mol. The van der Waals surface area contributed by atoms with E-state index in [-0.39, 0.29) is 0 Å². The van der Waals surface area contributed by atoms with Gasteiger partial charge >= 0.3 is 0 Å². The van der Waals surface area contributed by atoms with Gasteiger partial charge in [0.2, 0.25) is 0 Å². The molecule has 3 N–H and O–H groups in total. The summed E-state index contributed by atoms with van der Waals surface area (Å²) in [6.07, 6.45) is 0. The Morgan fingerprint density at radius 3 is 2.63 bits per heavy atom. The predicted octanol–water partition coefficient (Wildman–Crippen LogP) is 2.57. The van der Waals surface area contributed by atoms with E-state index >= 15 is 0 Å². The van der Waals surface area contributed by atoms with Gasteiger partial charge in [-0.15, -0.1) is 0 Å². The minimum absolute atomic E-state index is 0.340. The maximum Gasteiger partial charge on any atom is 0.158 e. The fourth-order valence-electron chi connectivity index (χ4n) is 1.74. The third-order valence-electron chi connectivity index (χ3n) is 2.85. The fourth-order valence-corrected chi connectivity index (χ4v) is 1.74. The van der Waals surface area contributed by atoms with Gasteiger partial charge in [0, 0.05) is 18.9 Å². The molecule has 0 saturated heterocycles. The van der Waals surface area contributed by atoms with Gasteiger partial charge < -0.3 is 15.8 Å². The van der Waals surface area contributed by atoms with Gasteiger partial charge in [-0.1, -0.05) is 6.07 Å². The van der Waals surface area contributed by atoms with Crippen LogP contribution >= 0.6 is 0 Å². The normalized spacial score (nSPS) is 10.5. The molecule has 0 aliphatic heterocycles. The molecule has 2 aromatic rings. The second-order valence-electron chi connectivity index (χ2n) is 4.45. The fraction of sp³-hybridized carbons (Fsp3) is 0.286. The van der Waals surface area contributed by atoms with E-state index in [1.165, 1.54) is 11.1 Å². The van der Waals surface area contributed by atoms with Crippen LogP contribution in [0.2, 0.25) is 0 Å². The van der Waals surface area contributed by atoms with Crippen LogP contribution in [0.3, 0.4) is 0 Å². The van der Waals surface area contributed by atoms with Gasteiger partial charge in [-0.3, -0.25) is 0 Å². The zero-order chi connectivity index (χ0) is 13.8. The van der Waals surface area contributed by atoms with E-state index in [1.807, 2.05) is 6.07 Å². The van der Waals surface area contributed by atoms with E-state index in [0.717, 1.165) is 5.69 Å². The summed E-state index contributed by atoms with van der Waals surface area (Å²) >= 11 is 0. The lowest BCUT2D eigenvalue weighted by Gasteiger charge is -2.09. The average Bonchev–Trinajstić information content (AvgIpc) is 2.33. The van der Waals surface area contributed by atoms with E-state index in [4.69, 9.17) is 10.5 Å². The van der Waals surface area contributed by atoms with Gasteiger partial charge in [0.15, 0.2) is 5.82 Å². The number of nitrogens with two attached hydrogens (primary N) is 1. The lowest BCUT2D eigenvalue weighted by atomic mass is 10.1. The number of nitrogens with zero attached hydrogens (tertiary/aromatic N) is 2. The first-order chi connectivity index (χ1) is 9.08. The molecule has 0 fully saturated rings. The number of anilines is 3. The first kappa shape index (κ1) is 13.3. The van der Waals surface area contributed by atoms with Crippen LogP contribution in [0, 0.1) is 13.8 Å². The second kappa shape index (κ2) is 5.67. The van der Waals surface area contributed by atoms with Crippen LogP contribution in [-0.2, 0) is 11.3 Å². The zero-order valence-corrected chi connectivity index (χ0v) is 11.4. The Labute approximate surface area is 112 Å². The zero-order valence-electron chi connectivity index (χ0n) is 11.4. The summed E-state index contributed by atoms with van der Waals surface area (Å²) in [6.45, 7) is 4.50. The molecule has 0 atom stereocenters. The van der Waals surface area contributed by atoms with Gasteiger partial charge in [0.05, 0.1) is 0 Å². The minimum atomic E-state index is 0.340. The topological polar surface area (TPSA) is 73.1 Å². The van der Waals surface area contributed by atoms with E-state index < -0.39 is 0 Å². The highest BCUT2D eigenvalue weighted by atomic mass is 16.5. The van der Waals surface area contributed by atoms with Gasteiger partial charge in [-0.05, 0) is 37.1 Å². The van der Waals surface area contributed by atoms with E-state index in [2.05, 4.69) is 41.3 Å². The molecule has 0 bridgehead atoms. The van der Waals surface area contributed by atoms with Crippen LogP contribution in [0.5, 0.6) is 0 Å². The van der Waals surface area contributed by atoms with E-state index in [0.29, 0.717) is 24.1 Å². The summed E-state index contributed by atoms with van der Waals surface area (Å²) in [6, 6.07) is 7.85. The third kappa shape index (κ3) is 3.42. The first-order valence-corrected chi connectivity index (χ1v) is 6.05. The first-order valence-electron chi connectivity index (χ1n) is 6.05. The summed E-state index contributed by atoms with van der Waals surface area (Å²) in [5.41, 5.74) is 9.21. The number of benzene rings is 1. The van der Waals surface area contributed by atoms with Crippen molar-refractivity contribution in [3.8, 4) is 0 Å². The second-order valence-corrected chi connectivity index (χ2v) is 4.45. The molecule has 100 valence electrons. The Morgan fingerprint density at radius 1 is 1.16 bits per heavy atom. The van der Waals surface area contributed by atoms with Crippen LogP contribution in [0.4, 0.5) is 17.3 Å². The SMILES string of the molecule is COCc1nc(N)cc(Nc2ccc(C)c(C)c2)n1. The van der Waals surface area contributed by atoms with Crippen LogP contribution in [0.1, 0.15) is 17.0 Å². The highest BCUT2D eigenvalue weighted by Gasteiger charge is 2.04. The van der Waals surface area contributed by atoms with Crippen molar-refractivity contribution in [3.63, 3.8) is 0 Å². The molecule has 19 heavy (non-hydrogen) atoms. The molecule has 5 nitrogen and oxygen atoms in total. The molecule has 0 spiro atoms. The van der Waals surface area contributed by atoms with Gasteiger partial charge in [-0.2, -0.15) is 0 Å². The van der Waals surface area contributed by atoms with Crippen LogP contribution in [0.25, 0.3) is 0 Å².